The highest BCUT2D eigenvalue weighted by molar-refractivity contribution is 5.88. The Morgan fingerprint density at radius 3 is 2.35 bits per heavy atom. The standard InChI is InChI=1S/C15H24N2O3/c1-9(2)11(8-18)16-13-7-10(14(19)20)6-12(17-13)15(3,4)5/h6-7,9,11,18H,8H2,1-5H3,(H,16,17)(H,19,20)/t11-/m1/s1. The second-order valence-electron chi connectivity index (χ2n) is 6.36. The lowest BCUT2D eigenvalue weighted by Crippen LogP contribution is -2.30. The molecule has 0 saturated heterocycles. The number of aliphatic hydroxyl groups excluding tert-OH is 1. The zero-order valence-electron chi connectivity index (χ0n) is 12.8. The molecule has 20 heavy (non-hydrogen) atoms. The van der Waals surface area contributed by atoms with E-state index >= 15 is 0 Å². The van der Waals surface area contributed by atoms with E-state index in [1.54, 1.807) is 6.07 Å². The molecule has 0 unspecified atom stereocenters. The molecule has 0 aliphatic rings. The molecule has 1 atom stereocenters. The smallest absolute Gasteiger partial charge is 0.335 e. The first-order valence-corrected chi connectivity index (χ1v) is 6.78. The second-order valence-corrected chi connectivity index (χ2v) is 6.36. The lowest BCUT2D eigenvalue weighted by molar-refractivity contribution is 0.0696. The predicted molar refractivity (Wildman–Crippen MR) is 79.2 cm³/mol. The minimum Gasteiger partial charge on any atom is -0.478 e. The molecule has 3 N–H and O–H groups in total. The molecule has 112 valence electrons. The third-order valence-corrected chi connectivity index (χ3v) is 3.18. The molecule has 0 aliphatic carbocycles. The summed E-state index contributed by atoms with van der Waals surface area (Å²) in [4.78, 5) is 15.7. The molecule has 1 aromatic heterocycles. The molecular weight excluding hydrogens is 256 g/mol. The van der Waals surface area contributed by atoms with E-state index in [1.165, 1.54) is 6.07 Å². The Hall–Kier alpha value is -1.62. The first kappa shape index (κ1) is 16.4. The molecule has 0 spiro atoms. The number of rotatable bonds is 5. The Morgan fingerprint density at radius 1 is 1.35 bits per heavy atom. The van der Waals surface area contributed by atoms with Gasteiger partial charge in [-0.3, -0.25) is 0 Å². The molecule has 5 heteroatoms. The average molecular weight is 280 g/mol. The van der Waals surface area contributed by atoms with Gasteiger partial charge in [0.05, 0.1) is 18.2 Å². The zero-order chi connectivity index (χ0) is 15.5. The van der Waals surface area contributed by atoms with Crippen LogP contribution in [0.15, 0.2) is 12.1 Å². The van der Waals surface area contributed by atoms with Crippen molar-refractivity contribution in [3.05, 3.63) is 23.4 Å². The number of hydrogen-bond donors (Lipinski definition) is 3. The average Bonchev–Trinajstić information content (AvgIpc) is 2.34. The molecule has 0 bridgehead atoms. The Balaban J connectivity index is 3.19. The van der Waals surface area contributed by atoms with Gasteiger partial charge in [0.2, 0.25) is 0 Å². The minimum absolute atomic E-state index is 0.0263. The van der Waals surface area contributed by atoms with E-state index in [9.17, 15) is 15.0 Å². The number of hydrogen-bond acceptors (Lipinski definition) is 4. The summed E-state index contributed by atoms with van der Waals surface area (Å²) in [5.41, 5.74) is 0.669. The van der Waals surface area contributed by atoms with Crippen LogP contribution in [-0.4, -0.2) is 33.8 Å². The van der Waals surface area contributed by atoms with Crippen LogP contribution < -0.4 is 5.32 Å². The van der Waals surface area contributed by atoms with Crippen LogP contribution in [0.25, 0.3) is 0 Å². The maximum atomic E-state index is 11.2. The molecule has 0 aliphatic heterocycles. The number of nitrogens with one attached hydrogen (secondary N) is 1. The van der Waals surface area contributed by atoms with Crippen LogP contribution in [0, 0.1) is 5.92 Å². The summed E-state index contributed by atoms with van der Waals surface area (Å²) in [6.45, 7) is 9.89. The van der Waals surface area contributed by atoms with Crippen LogP contribution in [0.3, 0.4) is 0 Å². The van der Waals surface area contributed by atoms with E-state index in [4.69, 9.17) is 0 Å². The van der Waals surface area contributed by atoms with Crippen LogP contribution in [0.1, 0.15) is 50.7 Å². The predicted octanol–water partition coefficient (Wildman–Crippen LogP) is 2.51. The van der Waals surface area contributed by atoms with Crippen molar-refractivity contribution in [2.75, 3.05) is 11.9 Å². The monoisotopic (exact) mass is 280 g/mol. The Bertz CT molecular complexity index is 478. The molecule has 0 radical (unpaired) electrons. The SMILES string of the molecule is CC(C)[C@@H](CO)Nc1cc(C(=O)O)cc(C(C)(C)C)n1. The lowest BCUT2D eigenvalue weighted by atomic mass is 9.90. The van der Waals surface area contributed by atoms with Gasteiger partial charge in [0, 0.05) is 11.1 Å². The van der Waals surface area contributed by atoms with Crippen molar-refractivity contribution in [3.63, 3.8) is 0 Å². The number of nitrogens with zero attached hydrogens (tertiary/aromatic N) is 1. The Kier molecular flexibility index (Phi) is 5.11. The molecule has 0 aromatic carbocycles. The fraction of sp³-hybridized carbons (Fsp3) is 0.600. The third-order valence-electron chi connectivity index (χ3n) is 3.18. The third kappa shape index (κ3) is 4.20. The number of carbonyl (C=O) groups is 1. The fourth-order valence-electron chi connectivity index (χ4n) is 1.73. The fourth-order valence-corrected chi connectivity index (χ4v) is 1.73. The molecule has 1 heterocycles. The quantitative estimate of drug-likeness (QED) is 0.772. The topological polar surface area (TPSA) is 82.5 Å². The zero-order valence-corrected chi connectivity index (χ0v) is 12.8. The number of pyridine rings is 1. The molecular formula is C15H24N2O3. The van der Waals surface area contributed by atoms with Gasteiger partial charge in [-0.15, -0.1) is 0 Å². The first-order chi connectivity index (χ1) is 9.15. The van der Waals surface area contributed by atoms with Gasteiger partial charge in [0.25, 0.3) is 0 Å². The van der Waals surface area contributed by atoms with Crippen LogP contribution in [0.2, 0.25) is 0 Å². The highest BCUT2D eigenvalue weighted by Crippen LogP contribution is 2.24. The van der Waals surface area contributed by atoms with Crippen LogP contribution in [0.5, 0.6) is 0 Å². The first-order valence-electron chi connectivity index (χ1n) is 6.78. The van der Waals surface area contributed by atoms with E-state index in [1.807, 2.05) is 34.6 Å². The summed E-state index contributed by atoms with van der Waals surface area (Å²) in [5, 5.41) is 21.7. The van der Waals surface area contributed by atoms with Gasteiger partial charge >= 0.3 is 5.97 Å². The van der Waals surface area contributed by atoms with E-state index in [2.05, 4.69) is 10.3 Å². The summed E-state index contributed by atoms with van der Waals surface area (Å²) in [7, 11) is 0. The van der Waals surface area contributed by atoms with E-state index < -0.39 is 5.97 Å². The largest absolute Gasteiger partial charge is 0.478 e. The van der Waals surface area contributed by atoms with Gasteiger partial charge in [-0.25, -0.2) is 9.78 Å². The van der Waals surface area contributed by atoms with Gasteiger partial charge < -0.3 is 15.5 Å². The van der Waals surface area contributed by atoms with Crippen molar-refractivity contribution in [1.29, 1.82) is 0 Å². The molecule has 1 rings (SSSR count). The van der Waals surface area contributed by atoms with Gasteiger partial charge in [-0.2, -0.15) is 0 Å². The van der Waals surface area contributed by atoms with Crippen LogP contribution in [0.4, 0.5) is 5.82 Å². The summed E-state index contributed by atoms with van der Waals surface area (Å²) in [6.07, 6.45) is 0. The van der Waals surface area contributed by atoms with Crippen molar-refractivity contribution >= 4 is 11.8 Å². The summed E-state index contributed by atoms with van der Waals surface area (Å²) >= 11 is 0. The number of aromatic carboxylic acids is 1. The molecule has 1 aromatic rings. The van der Waals surface area contributed by atoms with Crippen LogP contribution >= 0.6 is 0 Å². The number of aromatic nitrogens is 1. The normalized spacial score (nSPS) is 13.3. The van der Waals surface area contributed by atoms with Crippen molar-refractivity contribution in [2.24, 2.45) is 5.92 Å². The minimum atomic E-state index is -0.981. The van der Waals surface area contributed by atoms with Crippen molar-refractivity contribution < 1.29 is 15.0 Å². The van der Waals surface area contributed by atoms with Gasteiger partial charge in [0.1, 0.15) is 5.82 Å². The summed E-state index contributed by atoms with van der Waals surface area (Å²) in [6, 6.07) is 2.94. The van der Waals surface area contributed by atoms with E-state index in [0.29, 0.717) is 11.5 Å². The molecule has 5 nitrogen and oxygen atoms in total. The maximum absolute atomic E-state index is 11.2. The molecule has 0 amide bonds. The van der Waals surface area contributed by atoms with Gasteiger partial charge in [-0.1, -0.05) is 34.6 Å². The van der Waals surface area contributed by atoms with Crippen molar-refractivity contribution in [1.82, 2.24) is 4.98 Å². The number of carboxylic acids is 1. The Morgan fingerprint density at radius 2 is 1.95 bits per heavy atom. The van der Waals surface area contributed by atoms with Crippen LogP contribution in [-0.2, 0) is 5.41 Å². The summed E-state index contributed by atoms with van der Waals surface area (Å²) < 4.78 is 0. The summed E-state index contributed by atoms with van der Waals surface area (Å²) in [5.74, 6) is -0.276. The lowest BCUT2D eigenvalue weighted by Gasteiger charge is -2.23. The van der Waals surface area contributed by atoms with Gasteiger partial charge in [-0.05, 0) is 18.1 Å². The number of anilines is 1. The van der Waals surface area contributed by atoms with Crippen molar-refractivity contribution in [2.45, 2.75) is 46.1 Å². The van der Waals surface area contributed by atoms with E-state index in [-0.39, 0.29) is 29.5 Å². The number of carboxylic acid groups (broad SMARTS) is 1. The maximum Gasteiger partial charge on any atom is 0.335 e. The Labute approximate surface area is 120 Å². The van der Waals surface area contributed by atoms with Gasteiger partial charge in [0.15, 0.2) is 0 Å². The highest BCUT2D eigenvalue weighted by Gasteiger charge is 2.20. The van der Waals surface area contributed by atoms with E-state index in [0.717, 1.165) is 0 Å². The van der Waals surface area contributed by atoms with Crippen molar-refractivity contribution in [3.8, 4) is 0 Å². The number of aliphatic hydroxyl groups is 1. The highest BCUT2D eigenvalue weighted by atomic mass is 16.4. The second kappa shape index (κ2) is 6.22. The molecule has 0 saturated carbocycles. The molecule has 0 fully saturated rings.